The summed E-state index contributed by atoms with van der Waals surface area (Å²) in [4.78, 5) is -0.0832. The second-order valence-electron chi connectivity index (χ2n) is 3.92. The molecule has 0 aromatic heterocycles. The Balaban J connectivity index is 2.19. The highest BCUT2D eigenvalue weighted by atomic mass is 35.7. The summed E-state index contributed by atoms with van der Waals surface area (Å²) in [6.07, 6.45) is 0. The fraction of sp³-hybridized carbons (Fsp3) is 0. The Kier molecular flexibility index (Phi) is 4.48. The third kappa shape index (κ3) is 4.34. The third-order valence-electron chi connectivity index (χ3n) is 2.45. The van der Waals surface area contributed by atoms with Crippen LogP contribution in [0.3, 0.4) is 0 Å². The molecule has 112 valence electrons. The van der Waals surface area contributed by atoms with Gasteiger partial charge in [-0.15, -0.1) is 0 Å². The fourth-order valence-electron chi connectivity index (χ4n) is 1.48. The Morgan fingerprint density at radius 3 is 1.14 bits per heavy atom. The van der Waals surface area contributed by atoms with Gasteiger partial charge in [0.1, 0.15) is 11.5 Å². The summed E-state index contributed by atoms with van der Waals surface area (Å²) in [5.74, 6) is 0.751. The van der Waals surface area contributed by atoms with Gasteiger partial charge in [0.25, 0.3) is 18.1 Å². The fourth-order valence-corrected chi connectivity index (χ4v) is 3.02. The summed E-state index contributed by atoms with van der Waals surface area (Å²) in [7, 11) is 2.83. The summed E-state index contributed by atoms with van der Waals surface area (Å²) >= 11 is 0. The molecule has 0 atom stereocenters. The molecular weight excluding hydrogens is 359 g/mol. The van der Waals surface area contributed by atoms with Crippen LogP contribution >= 0.6 is 21.4 Å². The lowest BCUT2D eigenvalue weighted by molar-refractivity contribution is 0.481. The molecule has 2 aromatic rings. The van der Waals surface area contributed by atoms with Crippen LogP contribution in [0.4, 0.5) is 0 Å². The Hall–Kier alpha value is -1.28. The van der Waals surface area contributed by atoms with Crippen LogP contribution in [0.5, 0.6) is 11.5 Å². The molecular formula is C12H8Cl2O5S2. The van der Waals surface area contributed by atoms with Gasteiger partial charge in [-0.3, -0.25) is 0 Å². The van der Waals surface area contributed by atoms with Gasteiger partial charge < -0.3 is 4.74 Å². The first-order chi connectivity index (χ1) is 9.66. The van der Waals surface area contributed by atoms with Gasteiger partial charge in [0.2, 0.25) is 0 Å². The van der Waals surface area contributed by atoms with Crippen LogP contribution < -0.4 is 4.74 Å². The lowest BCUT2D eigenvalue weighted by Gasteiger charge is -2.06. The molecule has 9 heteroatoms. The van der Waals surface area contributed by atoms with Crippen molar-refractivity contribution in [3.05, 3.63) is 48.5 Å². The molecule has 2 rings (SSSR count). The summed E-state index contributed by atoms with van der Waals surface area (Å²) in [6.45, 7) is 0. The minimum atomic E-state index is -3.78. The van der Waals surface area contributed by atoms with Crippen molar-refractivity contribution in [3.8, 4) is 11.5 Å². The smallest absolute Gasteiger partial charge is 0.261 e. The van der Waals surface area contributed by atoms with E-state index in [4.69, 9.17) is 26.1 Å². The van der Waals surface area contributed by atoms with Crippen LogP contribution in [0.25, 0.3) is 0 Å². The molecule has 0 unspecified atom stereocenters. The molecule has 0 aliphatic heterocycles. The highest BCUT2D eigenvalue weighted by Crippen LogP contribution is 2.25. The third-order valence-corrected chi connectivity index (χ3v) is 5.19. The number of halogens is 2. The van der Waals surface area contributed by atoms with E-state index in [0.29, 0.717) is 11.5 Å². The molecule has 0 bridgehead atoms. The normalized spacial score (nSPS) is 12.1. The van der Waals surface area contributed by atoms with Crippen LogP contribution in [0.15, 0.2) is 58.3 Å². The number of hydrogen-bond acceptors (Lipinski definition) is 5. The van der Waals surface area contributed by atoms with Gasteiger partial charge in [0.05, 0.1) is 9.79 Å². The molecule has 0 N–H and O–H groups in total. The Morgan fingerprint density at radius 2 is 0.905 bits per heavy atom. The molecule has 0 saturated carbocycles. The zero-order valence-electron chi connectivity index (χ0n) is 10.2. The van der Waals surface area contributed by atoms with Crippen molar-refractivity contribution >= 4 is 39.5 Å². The summed E-state index contributed by atoms with van der Waals surface area (Å²) < 4.78 is 49.8. The molecule has 0 saturated heterocycles. The summed E-state index contributed by atoms with van der Waals surface area (Å²) in [5, 5.41) is 0. The van der Waals surface area contributed by atoms with Crippen molar-refractivity contribution in [2.45, 2.75) is 9.79 Å². The second kappa shape index (κ2) is 5.84. The van der Waals surface area contributed by atoms with Crippen LogP contribution in [0, 0.1) is 0 Å². The van der Waals surface area contributed by atoms with Crippen LogP contribution in [0.1, 0.15) is 0 Å². The van der Waals surface area contributed by atoms with Crippen molar-refractivity contribution in [3.63, 3.8) is 0 Å². The zero-order chi connectivity index (χ0) is 15.7. The van der Waals surface area contributed by atoms with Gasteiger partial charge >= 0.3 is 0 Å². The SMILES string of the molecule is O=S(=O)(Cl)c1ccc(Oc2ccc(S(=O)(=O)Cl)cc2)cc1. The average molecular weight is 367 g/mol. The van der Waals surface area contributed by atoms with E-state index in [9.17, 15) is 16.8 Å². The van der Waals surface area contributed by atoms with Crippen molar-refractivity contribution in [2.75, 3.05) is 0 Å². The highest BCUT2D eigenvalue weighted by Gasteiger charge is 2.11. The highest BCUT2D eigenvalue weighted by molar-refractivity contribution is 8.14. The molecule has 0 aliphatic rings. The van der Waals surface area contributed by atoms with E-state index in [1.54, 1.807) is 0 Å². The number of benzene rings is 2. The summed E-state index contributed by atoms with van der Waals surface area (Å²) in [6, 6.07) is 10.9. The predicted octanol–water partition coefficient (Wildman–Crippen LogP) is 3.33. The van der Waals surface area contributed by atoms with Gasteiger partial charge in [0.15, 0.2) is 0 Å². The number of hydrogen-bond donors (Lipinski definition) is 0. The maximum Gasteiger partial charge on any atom is 0.261 e. The van der Waals surface area contributed by atoms with E-state index in [1.807, 2.05) is 0 Å². The van der Waals surface area contributed by atoms with E-state index in [1.165, 1.54) is 48.5 Å². The Labute approximate surface area is 130 Å². The van der Waals surface area contributed by atoms with Gasteiger partial charge in [-0.25, -0.2) is 16.8 Å². The van der Waals surface area contributed by atoms with E-state index < -0.39 is 18.1 Å². The van der Waals surface area contributed by atoms with Gasteiger partial charge in [-0.05, 0) is 48.5 Å². The molecule has 2 aromatic carbocycles. The molecule has 0 fully saturated rings. The lowest BCUT2D eigenvalue weighted by atomic mass is 10.3. The average Bonchev–Trinajstić information content (AvgIpc) is 2.38. The van der Waals surface area contributed by atoms with Crippen molar-refractivity contribution in [2.24, 2.45) is 0 Å². The maximum atomic E-state index is 11.1. The molecule has 0 amide bonds. The van der Waals surface area contributed by atoms with E-state index in [2.05, 4.69) is 0 Å². The Morgan fingerprint density at radius 1 is 0.619 bits per heavy atom. The zero-order valence-corrected chi connectivity index (χ0v) is 13.4. The van der Waals surface area contributed by atoms with Gasteiger partial charge in [-0.1, -0.05) is 0 Å². The molecule has 0 heterocycles. The van der Waals surface area contributed by atoms with E-state index >= 15 is 0 Å². The molecule has 21 heavy (non-hydrogen) atoms. The standard InChI is InChI=1S/C12H8Cl2O5S2/c13-20(15,16)11-5-1-9(2-6-11)19-10-3-7-12(8-4-10)21(14,17)18/h1-8H. The topological polar surface area (TPSA) is 77.5 Å². The largest absolute Gasteiger partial charge is 0.457 e. The predicted molar refractivity (Wildman–Crippen MR) is 79.0 cm³/mol. The van der Waals surface area contributed by atoms with Crippen molar-refractivity contribution < 1.29 is 21.6 Å². The lowest BCUT2D eigenvalue weighted by Crippen LogP contribution is -1.92. The van der Waals surface area contributed by atoms with Gasteiger partial charge in [0, 0.05) is 21.4 Å². The first kappa shape index (κ1) is 16.1. The molecule has 0 aliphatic carbocycles. The van der Waals surface area contributed by atoms with Crippen molar-refractivity contribution in [1.82, 2.24) is 0 Å². The van der Waals surface area contributed by atoms with Gasteiger partial charge in [-0.2, -0.15) is 0 Å². The number of rotatable bonds is 4. The first-order valence-corrected chi connectivity index (χ1v) is 10.1. The van der Waals surface area contributed by atoms with Crippen LogP contribution in [-0.2, 0) is 18.1 Å². The maximum absolute atomic E-state index is 11.1. The first-order valence-electron chi connectivity index (χ1n) is 5.43. The van der Waals surface area contributed by atoms with Crippen LogP contribution in [-0.4, -0.2) is 16.8 Å². The molecule has 5 nitrogen and oxygen atoms in total. The Bertz CT molecular complexity index is 768. The molecule has 0 spiro atoms. The van der Waals surface area contributed by atoms with Crippen LogP contribution in [0.2, 0.25) is 0 Å². The molecule has 0 radical (unpaired) electrons. The number of ether oxygens (including phenoxy) is 1. The second-order valence-corrected chi connectivity index (χ2v) is 9.05. The minimum Gasteiger partial charge on any atom is -0.457 e. The summed E-state index contributed by atoms with van der Waals surface area (Å²) in [5.41, 5.74) is 0. The quantitative estimate of drug-likeness (QED) is 0.775. The monoisotopic (exact) mass is 366 g/mol. The van der Waals surface area contributed by atoms with E-state index in [0.717, 1.165) is 0 Å². The van der Waals surface area contributed by atoms with Crippen molar-refractivity contribution in [1.29, 1.82) is 0 Å². The van der Waals surface area contributed by atoms with E-state index in [-0.39, 0.29) is 9.79 Å². The minimum absolute atomic E-state index is 0.0416.